The van der Waals surface area contributed by atoms with Crippen molar-refractivity contribution in [3.63, 3.8) is 0 Å². The molecule has 0 spiro atoms. The second kappa shape index (κ2) is 10.3. The highest BCUT2D eigenvalue weighted by molar-refractivity contribution is 7.89. The molecule has 0 aromatic heterocycles. The summed E-state index contributed by atoms with van der Waals surface area (Å²) in [7, 11) is -4.41. The molecule has 13 heteroatoms. The van der Waals surface area contributed by atoms with Crippen molar-refractivity contribution in [3.05, 3.63) is 24.3 Å². The molecule has 1 aromatic rings. The Balaban J connectivity index is 1.78. The Kier molecular flexibility index (Phi) is 7.85. The van der Waals surface area contributed by atoms with Crippen molar-refractivity contribution in [2.75, 3.05) is 0 Å². The SMILES string of the molecule is O=C1C[C@H](NC(=O)[C@H](CC2CCCCC2)NS(=O)(=O)c2cccc(OC(F)(F)F)c2)C(O)O1. The predicted molar refractivity (Wildman–Crippen MR) is 107 cm³/mol. The number of carbonyl (C=O) groups is 2. The Hall–Kier alpha value is -2.38. The van der Waals surface area contributed by atoms with Crippen LogP contribution < -0.4 is 14.8 Å². The summed E-state index contributed by atoms with van der Waals surface area (Å²) in [5.41, 5.74) is 0. The van der Waals surface area contributed by atoms with Crippen molar-refractivity contribution in [3.8, 4) is 5.75 Å². The number of carbonyl (C=O) groups excluding carboxylic acids is 2. The molecule has 1 saturated heterocycles. The first-order valence-electron chi connectivity index (χ1n) is 10.5. The molecule has 1 amide bonds. The lowest BCUT2D eigenvalue weighted by Gasteiger charge is -2.27. The number of amides is 1. The van der Waals surface area contributed by atoms with Crippen molar-refractivity contribution in [2.24, 2.45) is 5.92 Å². The average Bonchev–Trinajstić information content (AvgIpc) is 3.03. The molecule has 1 aromatic carbocycles. The van der Waals surface area contributed by atoms with Gasteiger partial charge in [-0.05, 0) is 24.5 Å². The second-order valence-corrected chi connectivity index (χ2v) is 9.85. The number of nitrogens with one attached hydrogen (secondary N) is 2. The number of cyclic esters (lactones) is 1. The van der Waals surface area contributed by atoms with E-state index in [4.69, 9.17) is 0 Å². The van der Waals surface area contributed by atoms with Crippen molar-refractivity contribution in [1.82, 2.24) is 10.0 Å². The quantitative estimate of drug-likeness (QED) is 0.471. The molecule has 3 rings (SSSR count). The van der Waals surface area contributed by atoms with Gasteiger partial charge in [-0.3, -0.25) is 9.59 Å². The lowest BCUT2D eigenvalue weighted by atomic mass is 9.85. The van der Waals surface area contributed by atoms with Gasteiger partial charge in [0.05, 0.1) is 11.3 Å². The number of esters is 1. The van der Waals surface area contributed by atoms with E-state index in [2.05, 4.69) is 19.5 Å². The van der Waals surface area contributed by atoms with E-state index < -0.39 is 57.3 Å². The summed E-state index contributed by atoms with van der Waals surface area (Å²) < 4.78 is 73.9. The summed E-state index contributed by atoms with van der Waals surface area (Å²) in [4.78, 5) is 23.7. The summed E-state index contributed by atoms with van der Waals surface area (Å²) >= 11 is 0. The van der Waals surface area contributed by atoms with E-state index in [9.17, 15) is 36.3 Å². The van der Waals surface area contributed by atoms with Crippen LogP contribution in [-0.2, 0) is 24.3 Å². The summed E-state index contributed by atoms with van der Waals surface area (Å²) in [5.74, 6) is -2.14. The van der Waals surface area contributed by atoms with Crippen LogP contribution in [0.15, 0.2) is 29.2 Å². The first-order chi connectivity index (χ1) is 15.4. The van der Waals surface area contributed by atoms with Gasteiger partial charge in [-0.1, -0.05) is 38.2 Å². The first kappa shape index (κ1) is 25.2. The molecule has 33 heavy (non-hydrogen) atoms. The maximum Gasteiger partial charge on any atom is 0.573 e. The third-order valence-electron chi connectivity index (χ3n) is 5.57. The van der Waals surface area contributed by atoms with Gasteiger partial charge in [-0.2, -0.15) is 4.72 Å². The molecule has 184 valence electrons. The van der Waals surface area contributed by atoms with Crippen LogP contribution in [0.3, 0.4) is 0 Å². The minimum absolute atomic E-state index is 0.0588. The highest BCUT2D eigenvalue weighted by atomic mass is 32.2. The summed E-state index contributed by atoms with van der Waals surface area (Å²) in [6, 6.07) is 1.52. The topological polar surface area (TPSA) is 131 Å². The van der Waals surface area contributed by atoms with Gasteiger partial charge in [-0.25, -0.2) is 8.42 Å². The van der Waals surface area contributed by atoms with E-state index in [0.717, 1.165) is 50.3 Å². The number of aliphatic hydroxyl groups excluding tert-OH is 1. The Morgan fingerprint density at radius 1 is 1.24 bits per heavy atom. The summed E-state index contributed by atoms with van der Waals surface area (Å²) in [6.45, 7) is 0. The molecule has 1 unspecified atom stereocenters. The Bertz CT molecular complexity index is 965. The normalized spacial score (nSPS) is 23.1. The number of halogens is 3. The van der Waals surface area contributed by atoms with Crippen molar-refractivity contribution in [2.45, 2.75) is 74.6 Å². The zero-order valence-electron chi connectivity index (χ0n) is 17.5. The zero-order valence-corrected chi connectivity index (χ0v) is 18.3. The largest absolute Gasteiger partial charge is 0.573 e. The van der Waals surface area contributed by atoms with Crippen LogP contribution >= 0.6 is 0 Å². The van der Waals surface area contributed by atoms with E-state index in [-0.39, 0.29) is 18.8 Å². The van der Waals surface area contributed by atoms with Crippen molar-refractivity contribution in [1.29, 1.82) is 0 Å². The van der Waals surface area contributed by atoms with Crippen LogP contribution in [0.4, 0.5) is 13.2 Å². The number of aliphatic hydroxyl groups is 1. The molecule has 3 atom stereocenters. The minimum Gasteiger partial charge on any atom is -0.434 e. The Morgan fingerprint density at radius 2 is 1.94 bits per heavy atom. The van der Waals surface area contributed by atoms with Gasteiger partial charge in [0.2, 0.25) is 22.2 Å². The number of hydrogen-bond acceptors (Lipinski definition) is 7. The molecule has 9 nitrogen and oxygen atoms in total. The van der Waals surface area contributed by atoms with E-state index in [1.807, 2.05) is 0 Å². The highest BCUT2D eigenvalue weighted by Gasteiger charge is 2.37. The number of sulfonamides is 1. The summed E-state index contributed by atoms with van der Waals surface area (Å²) in [6.07, 6.45) is -2.15. The van der Waals surface area contributed by atoms with E-state index in [0.29, 0.717) is 6.07 Å². The lowest BCUT2D eigenvalue weighted by Crippen LogP contribution is -2.52. The fraction of sp³-hybridized carbons (Fsp3) is 0.600. The molecule has 1 aliphatic heterocycles. The van der Waals surface area contributed by atoms with Gasteiger partial charge in [-0.15, -0.1) is 13.2 Å². The first-order valence-corrected chi connectivity index (χ1v) is 12.0. The molecule has 1 heterocycles. The Labute approximate surface area is 188 Å². The molecule has 2 aliphatic rings. The predicted octanol–water partition coefficient (Wildman–Crippen LogP) is 1.95. The van der Waals surface area contributed by atoms with Crippen LogP contribution in [0.25, 0.3) is 0 Å². The van der Waals surface area contributed by atoms with Crippen LogP contribution in [0.5, 0.6) is 5.75 Å². The highest BCUT2D eigenvalue weighted by Crippen LogP contribution is 2.29. The molecule has 1 saturated carbocycles. The molecular weight excluding hydrogens is 469 g/mol. The average molecular weight is 494 g/mol. The standard InChI is InChI=1S/C20H25F3N2O7S/c21-20(22,23)32-13-7-4-8-14(10-13)33(29,30)25-15(9-12-5-2-1-3-6-12)18(27)24-16-11-17(26)31-19(16)28/h4,7-8,10,12,15-16,19,25,28H,1-3,5-6,9,11H2,(H,24,27)/t15-,16-,19?/m0/s1. The Morgan fingerprint density at radius 3 is 2.55 bits per heavy atom. The molecule has 2 fully saturated rings. The number of hydrogen-bond donors (Lipinski definition) is 3. The number of ether oxygens (including phenoxy) is 2. The van der Waals surface area contributed by atoms with E-state index >= 15 is 0 Å². The third-order valence-corrected chi connectivity index (χ3v) is 7.04. The summed E-state index contributed by atoms with van der Waals surface area (Å²) in [5, 5.41) is 12.2. The minimum atomic E-state index is -5.00. The van der Waals surface area contributed by atoms with Crippen molar-refractivity contribution >= 4 is 21.9 Å². The fourth-order valence-electron chi connectivity index (χ4n) is 4.01. The van der Waals surface area contributed by atoms with Crippen molar-refractivity contribution < 1.29 is 45.8 Å². The van der Waals surface area contributed by atoms with Crippen LogP contribution in [0.2, 0.25) is 0 Å². The monoisotopic (exact) mass is 494 g/mol. The van der Waals surface area contributed by atoms with Crippen LogP contribution in [0, 0.1) is 5.92 Å². The van der Waals surface area contributed by atoms with Gasteiger partial charge in [0.15, 0.2) is 0 Å². The third kappa shape index (κ3) is 7.30. The fourth-order valence-corrected chi connectivity index (χ4v) is 5.25. The van der Waals surface area contributed by atoms with E-state index in [1.54, 1.807) is 0 Å². The van der Waals surface area contributed by atoms with Gasteiger partial charge < -0.3 is 19.9 Å². The number of rotatable bonds is 8. The molecule has 0 bridgehead atoms. The number of alkyl halides is 3. The molecular formula is C20H25F3N2O7S. The van der Waals surface area contributed by atoms with E-state index in [1.165, 1.54) is 0 Å². The molecule has 0 radical (unpaired) electrons. The van der Waals surface area contributed by atoms with Crippen LogP contribution in [0.1, 0.15) is 44.9 Å². The van der Waals surface area contributed by atoms with Crippen LogP contribution in [-0.4, -0.2) is 50.1 Å². The zero-order chi connectivity index (χ0) is 24.2. The lowest BCUT2D eigenvalue weighted by molar-refractivity contribution is -0.274. The maximum absolute atomic E-state index is 12.9. The van der Waals surface area contributed by atoms with Gasteiger partial charge in [0, 0.05) is 6.07 Å². The second-order valence-electron chi connectivity index (χ2n) is 8.14. The maximum atomic E-state index is 12.9. The molecule has 3 N–H and O–H groups in total. The van der Waals surface area contributed by atoms with Gasteiger partial charge in [0.1, 0.15) is 17.8 Å². The molecule has 1 aliphatic carbocycles. The van der Waals surface area contributed by atoms with Gasteiger partial charge >= 0.3 is 12.3 Å². The number of benzene rings is 1. The smallest absolute Gasteiger partial charge is 0.434 e. The van der Waals surface area contributed by atoms with Gasteiger partial charge in [0.25, 0.3) is 0 Å².